The third-order valence-electron chi connectivity index (χ3n) is 4.27. The topological polar surface area (TPSA) is 38.3 Å². The fourth-order valence-electron chi connectivity index (χ4n) is 2.74. The highest BCUT2D eigenvalue weighted by atomic mass is 32.1. The van der Waals surface area contributed by atoms with Crippen LogP contribution in [0.1, 0.15) is 45.7 Å². The van der Waals surface area contributed by atoms with Crippen molar-refractivity contribution in [1.82, 2.24) is 5.32 Å². The van der Waals surface area contributed by atoms with E-state index in [1.165, 1.54) is 29.0 Å². The van der Waals surface area contributed by atoms with E-state index in [9.17, 15) is 9.18 Å². The normalized spacial score (nSPS) is 11.8. The summed E-state index contributed by atoms with van der Waals surface area (Å²) in [4.78, 5) is 13.2. The van der Waals surface area contributed by atoms with Gasteiger partial charge in [-0.3, -0.25) is 4.79 Å². The minimum absolute atomic E-state index is 0.0211. The van der Waals surface area contributed by atoms with Crippen LogP contribution in [-0.4, -0.2) is 5.91 Å². The second kappa shape index (κ2) is 8.82. The largest absolute Gasteiger partial charge is 0.489 e. The van der Waals surface area contributed by atoms with Gasteiger partial charge in [-0.1, -0.05) is 42.8 Å². The van der Waals surface area contributed by atoms with E-state index in [1.54, 1.807) is 12.1 Å². The number of ether oxygens (including phenoxy) is 1. The molecule has 1 heterocycles. The molecule has 5 heteroatoms. The number of hydrogen-bond acceptors (Lipinski definition) is 3. The van der Waals surface area contributed by atoms with Gasteiger partial charge in [0.2, 0.25) is 0 Å². The van der Waals surface area contributed by atoms with Crippen LogP contribution in [0.5, 0.6) is 5.75 Å². The minimum Gasteiger partial charge on any atom is -0.489 e. The van der Waals surface area contributed by atoms with Crippen molar-refractivity contribution in [2.45, 2.75) is 32.9 Å². The molecular formula is C22H22FNO2S. The Balaban J connectivity index is 1.61. The molecule has 1 unspecified atom stereocenters. The Morgan fingerprint density at radius 2 is 1.96 bits per heavy atom. The van der Waals surface area contributed by atoms with E-state index in [0.717, 1.165) is 17.5 Å². The molecule has 0 saturated heterocycles. The van der Waals surface area contributed by atoms with Gasteiger partial charge in [0.1, 0.15) is 18.2 Å². The molecule has 3 aromatic rings. The average Bonchev–Trinajstić information content (AvgIpc) is 3.14. The highest BCUT2D eigenvalue weighted by Gasteiger charge is 2.16. The lowest BCUT2D eigenvalue weighted by Crippen LogP contribution is -2.27. The van der Waals surface area contributed by atoms with Gasteiger partial charge in [-0.25, -0.2) is 4.39 Å². The first kappa shape index (κ1) is 19.1. The summed E-state index contributed by atoms with van der Waals surface area (Å²) >= 11 is 1.38. The molecule has 1 aromatic heterocycles. The summed E-state index contributed by atoms with van der Waals surface area (Å²) in [7, 11) is 0. The number of thiophene rings is 1. The van der Waals surface area contributed by atoms with E-state index in [4.69, 9.17) is 4.74 Å². The molecule has 0 radical (unpaired) electrons. The van der Waals surface area contributed by atoms with Crippen LogP contribution in [-0.2, 0) is 6.61 Å². The van der Waals surface area contributed by atoms with Crippen molar-refractivity contribution >= 4 is 17.2 Å². The molecule has 0 saturated carbocycles. The number of halogens is 1. The Hall–Kier alpha value is -2.66. The van der Waals surface area contributed by atoms with Crippen LogP contribution >= 0.6 is 11.3 Å². The number of amides is 1. The Morgan fingerprint density at radius 1 is 1.19 bits per heavy atom. The van der Waals surface area contributed by atoms with Crippen molar-refractivity contribution in [3.63, 3.8) is 0 Å². The van der Waals surface area contributed by atoms with Gasteiger partial charge in [-0.05, 0) is 42.5 Å². The van der Waals surface area contributed by atoms with Gasteiger partial charge in [-0.15, -0.1) is 11.3 Å². The number of carbonyl (C=O) groups excluding carboxylic acids is 1. The maximum atomic E-state index is 13.2. The van der Waals surface area contributed by atoms with Crippen LogP contribution in [0.4, 0.5) is 4.39 Å². The molecule has 1 atom stereocenters. The van der Waals surface area contributed by atoms with Crippen molar-refractivity contribution in [3.8, 4) is 5.75 Å². The van der Waals surface area contributed by atoms with Gasteiger partial charge in [0, 0.05) is 11.6 Å². The van der Waals surface area contributed by atoms with Gasteiger partial charge in [0.15, 0.2) is 0 Å². The van der Waals surface area contributed by atoms with Crippen LogP contribution in [0.25, 0.3) is 0 Å². The van der Waals surface area contributed by atoms with E-state index in [1.807, 2.05) is 18.4 Å². The molecule has 3 rings (SSSR count). The fraction of sp³-hybridized carbons (Fsp3) is 0.227. The number of rotatable bonds is 7. The number of carbonyl (C=O) groups is 1. The summed E-state index contributed by atoms with van der Waals surface area (Å²) in [6, 6.07) is 16.0. The summed E-state index contributed by atoms with van der Waals surface area (Å²) in [5, 5.41) is 4.98. The van der Waals surface area contributed by atoms with Crippen molar-refractivity contribution < 1.29 is 13.9 Å². The van der Waals surface area contributed by atoms with Crippen molar-refractivity contribution in [2.24, 2.45) is 0 Å². The molecule has 0 aliphatic rings. The Morgan fingerprint density at radius 3 is 2.67 bits per heavy atom. The smallest absolute Gasteiger partial charge is 0.261 e. The molecule has 0 fully saturated rings. The van der Waals surface area contributed by atoms with E-state index in [0.29, 0.717) is 17.2 Å². The molecule has 3 nitrogen and oxygen atoms in total. The molecule has 0 bridgehead atoms. The first-order valence-corrected chi connectivity index (χ1v) is 9.76. The standard InChI is InChI=1S/C22H22FNO2S/c1-3-20(17-9-7-15(2)8-10-17)24-22(25)21-11-16(14-27-21)13-26-19-6-4-5-18(23)12-19/h4-12,14,20H,3,13H2,1-2H3,(H,24,25). The molecule has 1 N–H and O–H groups in total. The van der Waals surface area contributed by atoms with E-state index < -0.39 is 0 Å². The van der Waals surface area contributed by atoms with E-state index in [2.05, 4.69) is 36.5 Å². The predicted octanol–water partition coefficient (Wildman–Crippen LogP) is 5.66. The predicted molar refractivity (Wildman–Crippen MR) is 107 cm³/mol. The van der Waals surface area contributed by atoms with Gasteiger partial charge in [0.05, 0.1) is 10.9 Å². The van der Waals surface area contributed by atoms with Crippen molar-refractivity contribution in [3.05, 3.63) is 87.4 Å². The molecule has 1 amide bonds. The molecule has 0 aliphatic carbocycles. The number of hydrogen-bond donors (Lipinski definition) is 1. The SMILES string of the molecule is CCC(NC(=O)c1cc(COc2cccc(F)c2)cs1)c1ccc(C)cc1. The molecule has 2 aromatic carbocycles. The lowest BCUT2D eigenvalue weighted by molar-refractivity contribution is 0.0939. The third kappa shape index (κ3) is 5.17. The summed E-state index contributed by atoms with van der Waals surface area (Å²) in [5.74, 6) is 0.0432. The first-order valence-electron chi connectivity index (χ1n) is 8.88. The summed E-state index contributed by atoms with van der Waals surface area (Å²) in [6.07, 6.45) is 0.815. The maximum Gasteiger partial charge on any atom is 0.261 e. The van der Waals surface area contributed by atoms with Crippen LogP contribution < -0.4 is 10.1 Å². The second-order valence-electron chi connectivity index (χ2n) is 6.41. The Bertz CT molecular complexity index is 905. The van der Waals surface area contributed by atoms with E-state index in [-0.39, 0.29) is 17.8 Å². The van der Waals surface area contributed by atoms with Crippen LogP contribution in [0.15, 0.2) is 60.0 Å². The Kier molecular flexibility index (Phi) is 6.24. The van der Waals surface area contributed by atoms with Gasteiger partial charge in [-0.2, -0.15) is 0 Å². The zero-order chi connectivity index (χ0) is 19.2. The first-order chi connectivity index (χ1) is 13.0. The third-order valence-corrected chi connectivity index (χ3v) is 5.25. The number of benzene rings is 2. The molecule has 140 valence electrons. The minimum atomic E-state index is -0.334. The van der Waals surface area contributed by atoms with Gasteiger partial charge < -0.3 is 10.1 Å². The van der Waals surface area contributed by atoms with E-state index >= 15 is 0 Å². The molecule has 27 heavy (non-hydrogen) atoms. The van der Waals surface area contributed by atoms with Gasteiger partial charge >= 0.3 is 0 Å². The molecule has 0 spiro atoms. The molecular weight excluding hydrogens is 361 g/mol. The molecule has 0 aliphatic heterocycles. The Labute approximate surface area is 162 Å². The monoisotopic (exact) mass is 383 g/mol. The van der Waals surface area contributed by atoms with Gasteiger partial charge in [0.25, 0.3) is 5.91 Å². The van der Waals surface area contributed by atoms with Crippen LogP contribution in [0.3, 0.4) is 0 Å². The fourth-order valence-corrected chi connectivity index (χ4v) is 3.54. The zero-order valence-corrected chi connectivity index (χ0v) is 16.2. The average molecular weight is 383 g/mol. The van der Waals surface area contributed by atoms with Crippen LogP contribution in [0.2, 0.25) is 0 Å². The quantitative estimate of drug-likeness (QED) is 0.572. The zero-order valence-electron chi connectivity index (χ0n) is 15.4. The maximum absolute atomic E-state index is 13.2. The summed E-state index contributed by atoms with van der Waals surface area (Å²) in [6.45, 7) is 4.39. The number of nitrogens with one attached hydrogen (secondary N) is 1. The summed E-state index contributed by atoms with van der Waals surface area (Å²) in [5.41, 5.74) is 3.18. The highest BCUT2D eigenvalue weighted by Crippen LogP contribution is 2.21. The number of aryl methyl sites for hydroxylation is 1. The lowest BCUT2D eigenvalue weighted by atomic mass is 10.0. The van der Waals surface area contributed by atoms with Crippen LogP contribution in [0, 0.1) is 12.7 Å². The lowest BCUT2D eigenvalue weighted by Gasteiger charge is -2.17. The summed E-state index contributed by atoms with van der Waals surface area (Å²) < 4.78 is 18.8. The van der Waals surface area contributed by atoms with Crippen molar-refractivity contribution in [1.29, 1.82) is 0 Å². The second-order valence-corrected chi connectivity index (χ2v) is 7.32. The highest BCUT2D eigenvalue weighted by molar-refractivity contribution is 7.12. The van der Waals surface area contributed by atoms with Crippen molar-refractivity contribution in [2.75, 3.05) is 0 Å².